The van der Waals surface area contributed by atoms with E-state index in [9.17, 15) is 0 Å². The van der Waals surface area contributed by atoms with Gasteiger partial charge in [-0.15, -0.1) is 5.70 Å². The van der Waals surface area contributed by atoms with Gasteiger partial charge < -0.3 is 10.1 Å². The Labute approximate surface area is 98.5 Å². The molecule has 40 valence electrons. The first kappa shape index (κ1) is 9.15. The summed E-state index contributed by atoms with van der Waals surface area (Å²) in [5.74, 6) is 0.958. The molecule has 0 saturated heterocycles. The number of hydrogen-bond donors (Lipinski definition) is 0. The van der Waals surface area contributed by atoms with Gasteiger partial charge in [-0.05, 0) is 6.92 Å². The summed E-state index contributed by atoms with van der Waals surface area (Å²) < 4.78 is 4.98. The minimum absolute atomic E-state index is 0. The SMILES string of the molecule is CC1=C(C)OC[N-]1.[Rb+]. The van der Waals surface area contributed by atoms with E-state index in [1.54, 1.807) is 0 Å². The van der Waals surface area contributed by atoms with Gasteiger partial charge in [-0.3, -0.25) is 0 Å². The van der Waals surface area contributed by atoms with Crippen molar-refractivity contribution in [1.82, 2.24) is 0 Å². The van der Waals surface area contributed by atoms with Crippen molar-refractivity contribution in [2.75, 3.05) is 6.73 Å². The number of ether oxygens (including phenoxy) is 1. The maximum Gasteiger partial charge on any atom is 1.00 e. The molecule has 0 atom stereocenters. The third-order valence-corrected chi connectivity index (χ3v) is 1.09. The van der Waals surface area contributed by atoms with E-state index in [1.807, 2.05) is 13.8 Å². The molecule has 0 aromatic rings. The molecule has 1 heterocycles. The fraction of sp³-hybridized carbons (Fsp3) is 0.600. The second-order valence-corrected chi connectivity index (χ2v) is 1.57. The molecule has 0 bridgehead atoms. The van der Waals surface area contributed by atoms with E-state index in [0.717, 1.165) is 11.5 Å². The van der Waals surface area contributed by atoms with E-state index in [2.05, 4.69) is 5.32 Å². The number of nitrogens with zero attached hydrogens (tertiary/aromatic N) is 1. The summed E-state index contributed by atoms with van der Waals surface area (Å²) in [6.07, 6.45) is 0. The van der Waals surface area contributed by atoms with Gasteiger partial charge in [0.05, 0.1) is 5.76 Å². The molecule has 0 saturated carbocycles. The van der Waals surface area contributed by atoms with Gasteiger partial charge in [0.1, 0.15) is 0 Å². The van der Waals surface area contributed by atoms with Crippen LogP contribution < -0.4 is 58.2 Å². The van der Waals surface area contributed by atoms with Crippen LogP contribution >= 0.6 is 0 Å². The molecule has 0 aromatic carbocycles. The van der Waals surface area contributed by atoms with Gasteiger partial charge in [-0.1, -0.05) is 6.92 Å². The van der Waals surface area contributed by atoms with Crippen LogP contribution in [0.4, 0.5) is 0 Å². The molecule has 1 aliphatic heterocycles. The van der Waals surface area contributed by atoms with E-state index in [1.165, 1.54) is 0 Å². The first-order valence-electron chi connectivity index (χ1n) is 2.28. The Morgan fingerprint density at radius 2 is 2.12 bits per heavy atom. The average Bonchev–Trinajstić information content (AvgIpc) is 1.91. The molecule has 1 aliphatic rings. The summed E-state index contributed by atoms with van der Waals surface area (Å²) in [4.78, 5) is 0. The molecule has 0 N–H and O–H groups in total. The van der Waals surface area contributed by atoms with E-state index in [-0.39, 0.29) is 58.2 Å². The van der Waals surface area contributed by atoms with Crippen LogP contribution in [-0.2, 0) is 4.74 Å². The Kier molecular flexibility index (Phi) is 4.62. The van der Waals surface area contributed by atoms with Crippen LogP contribution in [0.2, 0.25) is 0 Å². The largest absolute Gasteiger partial charge is 1.00 e. The molecule has 8 heavy (non-hydrogen) atoms. The zero-order chi connectivity index (χ0) is 5.28. The molecular formula is C5H8NORb. The summed E-state index contributed by atoms with van der Waals surface area (Å²) in [5.41, 5.74) is 1.03. The maximum atomic E-state index is 4.98. The molecule has 0 spiro atoms. The molecular weight excluding hydrogens is 176 g/mol. The number of rotatable bonds is 0. The van der Waals surface area contributed by atoms with Crippen molar-refractivity contribution in [2.24, 2.45) is 0 Å². The third-order valence-electron chi connectivity index (χ3n) is 1.09. The Morgan fingerprint density at radius 3 is 2.25 bits per heavy atom. The van der Waals surface area contributed by atoms with Gasteiger partial charge in [0.15, 0.2) is 0 Å². The van der Waals surface area contributed by atoms with Crippen molar-refractivity contribution >= 4 is 0 Å². The zero-order valence-corrected chi connectivity index (χ0v) is 10.5. The van der Waals surface area contributed by atoms with E-state index < -0.39 is 0 Å². The van der Waals surface area contributed by atoms with Crippen molar-refractivity contribution in [3.8, 4) is 0 Å². The Hall–Kier alpha value is 1.15. The minimum atomic E-state index is 0. The molecule has 1 rings (SSSR count). The first-order chi connectivity index (χ1) is 3.30. The standard InChI is InChI=1S/C5H8NO.Rb/c1-4-5(2)7-3-6-4;/h3H2,1-2H3;/q-1;+1. The minimum Gasteiger partial charge on any atom is -0.653 e. The fourth-order valence-electron chi connectivity index (χ4n) is 0.442. The third kappa shape index (κ3) is 2.17. The van der Waals surface area contributed by atoms with E-state index in [4.69, 9.17) is 4.74 Å². The second kappa shape index (κ2) is 4.04. The summed E-state index contributed by atoms with van der Waals surface area (Å²) in [5, 5.41) is 3.97. The smallest absolute Gasteiger partial charge is 0.653 e. The van der Waals surface area contributed by atoms with Crippen LogP contribution in [0.3, 0.4) is 0 Å². The molecule has 0 aliphatic carbocycles. The van der Waals surface area contributed by atoms with Crippen LogP contribution in [0.15, 0.2) is 11.5 Å². The topological polar surface area (TPSA) is 23.3 Å². The normalized spacial score (nSPS) is 16.8. The summed E-state index contributed by atoms with van der Waals surface area (Å²) >= 11 is 0. The van der Waals surface area contributed by atoms with Crippen LogP contribution in [0.1, 0.15) is 13.8 Å². The maximum absolute atomic E-state index is 4.98. The predicted octanol–water partition coefficient (Wildman–Crippen LogP) is -1.40. The van der Waals surface area contributed by atoms with Gasteiger partial charge in [0, 0.05) is 6.73 Å². The van der Waals surface area contributed by atoms with Crippen LogP contribution in [0.5, 0.6) is 0 Å². The molecule has 0 radical (unpaired) electrons. The second-order valence-electron chi connectivity index (χ2n) is 1.57. The summed E-state index contributed by atoms with van der Waals surface area (Å²) in [7, 11) is 0. The number of allylic oxidation sites excluding steroid dienone is 2. The monoisotopic (exact) mass is 183 g/mol. The van der Waals surface area contributed by atoms with Gasteiger partial charge in [-0.25, -0.2) is 0 Å². The van der Waals surface area contributed by atoms with Gasteiger partial charge in [0.25, 0.3) is 0 Å². The summed E-state index contributed by atoms with van der Waals surface area (Å²) in [6, 6.07) is 0. The molecule has 0 unspecified atom stereocenters. The summed E-state index contributed by atoms with van der Waals surface area (Å²) in [6.45, 7) is 4.39. The van der Waals surface area contributed by atoms with Gasteiger partial charge >= 0.3 is 58.2 Å². The molecule has 0 aromatic heterocycles. The zero-order valence-electron chi connectivity index (χ0n) is 5.56. The van der Waals surface area contributed by atoms with E-state index in [0.29, 0.717) is 6.73 Å². The van der Waals surface area contributed by atoms with Crippen molar-refractivity contribution in [3.05, 3.63) is 16.8 Å². The molecule has 0 fully saturated rings. The molecule has 2 nitrogen and oxygen atoms in total. The first-order valence-corrected chi connectivity index (χ1v) is 2.28. The van der Waals surface area contributed by atoms with Crippen LogP contribution in [0, 0.1) is 0 Å². The van der Waals surface area contributed by atoms with Gasteiger partial charge in [0.2, 0.25) is 0 Å². The molecule has 3 heteroatoms. The van der Waals surface area contributed by atoms with Crippen molar-refractivity contribution in [1.29, 1.82) is 0 Å². The average molecular weight is 184 g/mol. The Balaban J connectivity index is 0.000000490. The van der Waals surface area contributed by atoms with Crippen LogP contribution in [0.25, 0.3) is 5.32 Å². The van der Waals surface area contributed by atoms with Crippen molar-refractivity contribution in [3.63, 3.8) is 0 Å². The van der Waals surface area contributed by atoms with Crippen molar-refractivity contribution in [2.45, 2.75) is 13.8 Å². The molecule has 0 amide bonds. The Morgan fingerprint density at radius 1 is 1.50 bits per heavy atom. The van der Waals surface area contributed by atoms with E-state index >= 15 is 0 Å². The van der Waals surface area contributed by atoms with Crippen LogP contribution in [-0.4, -0.2) is 6.73 Å². The number of hydrogen-bond acceptors (Lipinski definition) is 1. The Bertz CT molecular complexity index is 99.0. The van der Waals surface area contributed by atoms with Gasteiger partial charge in [-0.2, -0.15) is 0 Å². The predicted molar refractivity (Wildman–Crippen MR) is 27.7 cm³/mol. The van der Waals surface area contributed by atoms with Crippen molar-refractivity contribution < 1.29 is 62.9 Å². The quantitative estimate of drug-likeness (QED) is 0.453. The fourth-order valence-corrected chi connectivity index (χ4v) is 0.442.